The first-order valence-electron chi connectivity index (χ1n) is 7.70. The summed E-state index contributed by atoms with van der Waals surface area (Å²) in [5.74, 6) is 0. The quantitative estimate of drug-likeness (QED) is 0.910. The van der Waals surface area contributed by atoms with E-state index in [1.165, 1.54) is 5.56 Å². The van der Waals surface area contributed by atoms with Crippen molar-refractivity contribution in [3.05, 3.63) is 35.4 Å². The van der Waals surface area contributed by atoms with Crippen molar-refractivity contribution in [2.24, 2.45) is 0 Å². The van der Waals surface area contributed by atoms with E-state index < -0.39 is 5.60 Å². The lowest BCUT2D eigenvalue weighted by molar-refractivity contribution is 0.0118. The number of hydrogen-bond acceptors (Lipinski definition) is 3. The number of benzene rings is 1. The summed E-state index contributed by atoms with van der Waals surface area (Å²) in [6.45, 7) is 10.1. The van der Waals surface area contributed by atoms with E-state index in [1.807, 2.05) is 25.7 Å². The van der Waals surface area contributed by atoms with Crippen molar-refractivity contribution in [2.75, 3.05) is 19.6 Å². The summed E-state index contributed by atoms with van der Waals surface area (Å²) < 4.78 is 5.53. The Hall–Kier alpha value is -1.55. The Morgan fingerprint density at radius 3 is 2.57 bits per heavy atom. The second-order valence-corrected chi connectivity index (χ2v) is 6.49. The molecule has 1 heterocycles. The zero-order valence-corrected chi connectivity index (χ0v) is 13.5. The lowest BCUT2D eigenvalue weighted by Crippen LogP contribution is -2.50. The molecule has 1 amide bonds. The lowest BCUT2D eigenvalue weighted by atomic mass is 10.0. The average Bonchev–Trinajstić information content (AvgIpc) is 2.45. The zero-order valence-electron chi connectivity index (χ0n) is 13.5. The van der Waals surface area contributed by atoms with Crippen LogP contribution in [-0.4, -0.2) is 36.2 Å². The summed E-state index contributed by atoms with van der Waals surface area (Å²) >= 11 is 0. The maximum absolute atomic E-state index is 12.4. The average molecular weight is 290 g/mol. The molecule has 1 saturated heterocycles. The van der Waals surface area contributed by atoms with Gasteiger partial charge in [-0.1, -0.05) is 31.2 Å². The van der Waals surface area contributed by atoms with Crippen LogP contribution in [0.4, 0.5) is 4.79 Å². The summed E-state index contributed by atoms with van der Waals surface area (Å²) in [4.78, 5) is 14.2. The van der Waals surface area contributed by atoms with E-state index >= 15 is 0 Å². The van der Waals surface area contributed by atoms with Gasteiger partial charge in [0, 0.05) is 19.6 Å². The molecule has 1 N–H and O–H groups in total. The van der Waals surface area contributed by atoms with Crippen LogP contribution in [0.2, 0.25) is 0 Å². The van der Waals surface area contributed by atoms with Crippen LogP contribution in [0.5, 0.6) is 0 Å². The van der Waals surface area contributed by atoms with Gasteiger partial charge >= 0.3 is 6.09 Å². The van der Waals surface area contributed by atoms with Crippen LogP contribution in [0.1, 0.15) is 44.9 Å². The Bertz CT molecular complexity index is 477. The highest BCUT2D eigenvalue weighted by Gasteiger charge is 2.31. The van der Waals surface area contributed by atoms with E-state index in [9.17, 15) is 4.79 Å². The number of nitrogens with zero attached hydrogens (tertiary/aromatic N) is 1. The number of piperazine rings is 1. The summed E-state index contributed by atoms with van der Waals surface area (Å²) in [7, 11) is 0. The summed E-state index contributed by atoms with van der Waals surface area (Å²) in [5.41, 5.74) is 2.01. The van der Waals surface area contributed by atoms with Gasteiger partial charge < -0.3 is 10.1 Å². The van der Waals surface area contributed by atoms with Crippen LogP contribution in [0, 0.1) is 0 Å². The Balaban J connectivity index is 2.16. The first kappa shape index (κ1) is 15.8. The predicted octanol–water partition coefficient (Wildman–Crippen LogP) is 3.13. The van der Waals surface area contributed by atoms with E-state index in [4.69, 9.17) is 4.74 Å². The smallest absolute Gasteiger partial charge is 0.410 e. The van der Waals surface area contributed by atoms with Crippen molar-refractivity contribution in [3.63, 3.8) is 0 Å². The highest BCUT2D eigenvalue weighted by Crippen LogP contribution is 2.25. The topological polar surface area (TPSA) is 41.6 Å². The zero-order chi connectivity index (χ0) is 15.5. The molecule has 21 heavy (non-hydrogen) atoms. The van der Waals surface area contributed by atoms with E-state index in [0.717, 1.165) is 25.1 Å². The molecule has 0 saturated carbocycles. The van der Waals surface area contributed by atoms with Gasteiger partial charge in [-0.25, -0.2) is 4.79 Å². The molecular formula is C17H26N2O2. The van der Waals surface area contributed by atoms with E-state index in [0.29, 0.717) is 6.54 Å². The minimum atomic E-state index is -0.460. The Labute approximate surface area is 127 Å². The lowest BCUT2D eigenvalue weighted by Gasteiger charge is -2.37. The number of nitrogens with one attached hydrogen (secondary N) is 1. The molecular weight excluding hydrogens is 264 g/mol. The van der Waals surface area contributed by atoms with Crippen LogP contribution in [-0.2, 0) is 11.2 Å². The molecule has 1 aromatic rings. The molecule has 0 bridgehead atoms. The standard InChI is InChI=1S/C17H26N2O2/c1-5-13-6-8-14(9-7-13)15-12-18-10-11-19(15)16(20)21-17(2,3)4/h6-9,15,18H,5,10-12H2,1-4H3/t15-/m1/s1. The minimum absolute atomic E-state index is 0.0412. The van der Waals surface area contributed by atoms with Crippen molar-refractivity contribution in [1.29, 1.82) is 0 Å². The van der Waals surface area contributed by atoms with Gasteiger partial charge in [0.05, 0.1) is 6.04 Å². The van der Waals surface area contributed by atoms with Gasteiger partial charge in [-0.3, -0.25) is 4.90 Å². The molecule has 4 nitrogen and oxygen atoms in total. The minimum Gasteiger partial charge on any atom is -0.444 e. The highest BCUT2D eigenvalue weighted by molar-refractivity contribution is 5.69. The largest absolute Gasteiger partial charge is 0.444 e. The van der Waals surface area contributed by atoms with Crippen LogP contribution < -0.4 is 5.32 Å². The van der Waals surface area contributed by atoms with Gasteiger partial charge in [-0.15, -0.1) is 0 Å². The number of rotatable bonds is 2. The normalized spacial score (nSPS) is 19.4. The summed E-state index contributed by atoms with van der Waals surface area (Å²) in [6, 6.07) is 8.55. The second kappa shape index (κ2) is 6.48. The number of hydrogen-bond donors (Lipinski definition) is 1. The van der Waals surface area contributed by atoms with Gasteiger partial charge in [0.2, 0.25) is 0 Å². The fraction of sp³-hybridized carbons (Fsp3) is 0.588. The third-order valence-electron chi connectivity index (χ3n) is 3.64. The van der Waals surface area contributed by atoms with Crippen molar-refractivity contribution in [2.45, 2.75) is 45.8 Å². The molecule has 4 heteroatoms. The van der Waals surface area contributed by atoms with Crippen LogP contribution in [0.15, 0.2) is 24.3 Å². The number of ether oxygens (including phenoxy) is 1. The Kier molecular flexibility index (Phi) is 4.88. The molecule has 1 aliphatic rings. The number of carbonyl (C=O) groups is 1. The van der Waals surface area contributed by atoms with E-state index in [-0.39, 0.29) is 12.1 Å². The highest BCUT2D eigenvalue weighted by atomic mass is 16.6. The first-order valence-corrected chi connectivity index (χ1v) is 7.70. The predicted molar refractivity (Wildman–Crippen MR) is 84.4 cm³/mol. The van der Waals surface area contributed by atoms with Crippen molar-refractivity contribution in [3.8, 4) is 0 Å². The van der Waals surface area contributed by atoms with E-state index in [1.54, 1.807) is 0 Å². The molecule has 0 aromatic heterocycles. The van der Waals surface area contributed by atoms with Gasteiger partial charge in [0.1, 0.15) is 5.60 Å². The maximum Gasteiger partial charge on any atom is 0.410 e. The van der Waals surface area contributed by atoms with Crippen molar-refractivity contribution in [1.82, 2.24) is 10.2 Å². The molecule has 0 radical (unpaired) electrons. The second-order valence-electron chi connectivity index (χ2n) is 6.49. The molecule has 1 fully saturated rings. The van der Waals surface area contributed by atoms with Crippen molar-refractivity contribution >= 4 is 6.09 Å². The summed E-state index contributed by atoms with van der Waals surface area (Å²) in [5, 5.41) is 3.36. The fourth-order valence-corrected chi connectivity index (χ4v) is 2.52. The molecule has 1 atom stereocenters. The Morgan fingerprint density at radius 2 is 2.00 bits per heavy atom. The van der Waals surface area contributed by atoms with Crippen LogP contribution >= 0.6 is 0 Å². The third kappa shape index (κ3) is 4.21. The molecule has 116 valence electrons. The number of amides is 1. The van der Waals surface area contributed by atoms with Gasteiger partial charge in [-0.05, 0) is 38.3 Å². The van der Waals surface area contributed by atoms with E-state index in [2.05, 4.69) is 36.5 Å². The Morgan fingerprint density at radius 1 is 1.33 bits per heavy atom. The van der Waals surface area contributed by atoms with Crippen LogP contribution in [0.3, 0.4) is 0 Å². The first-order chi connectivity index (χ1) is 9.90. The molecule has 0 aliphatic carbocycles. The third-order valence-corrected chi connectivity index (χ3v) is 3.64. The van der Waals surface area contributed by atoms with Gasteiger partial charge in [0.25, 0.3) is 0 Å². The molecule has 0 spiro atoms. The molecule has 0 unspecified atom stereocenters. The molecule has 1 aliphatic heterocycles. The fourth-order valence-electron chi connectivity index (χ4n) is 2.52. The molecule has 1 aromatic carbocycles. The summed E-state index contributed by atoms with van der Waals surface area (Å²) in [6.07, 6.45) is 0.799. The monoisotopic (exact) mass is 290 g/mol. The SMILES string of the molecule is CCc1ccc([C@H]2CNCCN2C(=O)OC(C)(C)C)cc1. The van der Waals surface area contributed by atoms with Crippen molar-refractivity contribution < 1.29 is 9.53 Å². The van der Waals surface area contributed by atoms with Crippen LogP contribution in [0.25, 0.3) is 0 Å². The van der Waals surface area contributed by atoms with Gasteiger partial charge in [-0.2, -0.15) is 0 Å². The number of carbonyl (C=O) groups excluding carboxylic acids is 1. The van der Waals surface area contributed by atoms with Gasteiger partial charge in [0.15, 0.2) is 0 Å². The number of aryl methyl sites for hydroxylation is 1. The maximum atomic E-state index is 12.4. The molecule has 2 rings (SSSR count).